The first-order chi connectivity index (χ1) is 9.42. The Balaban J connectivity index is 3.26. The van der Waals surface area contributed by atoms with Crippen LogP contribution in [0.15, 0.2) is 6.07 Å². The lowest BCUT2D eigenvalue weighted by molar-refractivity contribution is 0.0513. The summed E-state index contributed by atoms with van der Waals surface area (Å²) in [7, 11) is 0. The normalized spacial score (nSPS) is 9.95. The first-order valence-corrected chi connectivity index (χ1v) is 6.05. The average molecular weight is 283 g/mol. The van der Waals surface area contributed by atoms with Gasteiger partial charge in [0.1, 0.15) is 5.69 Å². The monoisotopic (exact) mass is 283 g/mol. The van der Waals surface area contributed by atoms with Crippen molar-refractivity contribution in [3.05, 3.63) is 23.0 Å². The molecule has 1 heterocycles. The van der Waals surface area contributed by atoms with E-state index in [0.29, 0.717) is 5.69 Å². The number of ether oxygens (including phenoxy) is 2. The molecule has 0 aliphatic carbocycles. The van der Waals surface area contributed by atoms with Crippen molar-refractivity contribution >= 4 is 18.0 Å². The molecule has 0 saturated heterocycles. The van der Waals surface area contributed by atoms with E-state index in [1.54, 1.807) is 20.8 Å². The topological polar surface area (TPSA) is 113 Å². The predicted molar refractivity (Wildman–Crippen MR) is 70.0 cm³/mol. The highest BCUT2D eigenvalue weighted by Gasteiger charge is 2.23. The highest BCUT2D eigenvalue weighted by Crippen LogP contribution is 2.16. The highest BCUT2D eigenvalue weighted by atomic mass is 16.5. The van der Waals surface area contributed by atoms with Crippen LogP contribution in [-0.4, -0.2) is 35.9 Å². The van der Waals surface area contributed by atoms with Crippen LogP contribution in [0.3, 0.4) is 0 Å². The van der Waals surface area contributed by atoms with Crippen LogP contribution in [0, 0.1) is 6.92 Å². The number of amides is 2. The molecule has 110 valence electrons. The number of rotatable bonds is 5. The second-order valence-electron chi connectivity index (χ2n) is 3.78. The second-order valence-corrected chi connectivity index (χ2v) is 3.78. The fourth-order valence-corrected chi connectivity index (χ4v) is 1.63. The van der Waals surface area contributed by atoms with Gasteiger partial charge in [0, 0.05) is 0 Å². The summed E-state index contributed by atoms with van der Waals surface area (Å²) in [5.41, 5.74) is 7.76. The lowest BCUT2D eigenvalue weighted by atomic mass is 10.2. The van der Waals surface area contributed by atoms with Gasteiger partial charge in [-0.1, -0.05) is 0 Å². The third-order valence-electron chi connectivity index (χ3n) is 2.45. The second kappa shape index (κ2) is 6.60. The Morgan fingerprint density at radius 2 is 1.75 bits per heavy atom. The van der Waals surface area contributed by atoms with Gasteiger partial charge in [-0.3, -0.25) is 0 Å². The third kappa shape index (κ3) is 3.28. The summed E-state index contributed by atoms with van der Waals surface area (Å²) in [5, 5.41) is 0. The average Bonchev–Trinajstić information content (AvgIpc) is 2.67. The van der Waals surface area contributed by atoms with Crippen molar-refractivity contribution in [2.24, 2.45) is 5.73 Å². The van der Waals surface area contributed by atoms with E-state index >= 15 is 0 Å². The van der Waals surface area contributed by atoms with Gasteiger partial charge in [-0.25, -0.2) is 24.5 Å². The van der Waals surface area contributed by atoms with Crippen molar-refractivity contribution in [1.29, 1.82) is 0 Å². The smallest absolute Gasteiger partial charge is 0.356 e. The van der Waals surface area contributed by atoms with E-state index in [-0.39, 0.29) is 24.5 Å². The van der Waals surface area contributed by atoms with Crippen LogP contribution in [0.2, 0.25) is 0 Å². The van der Waals surface area contributed by atoms with Crippen LogP contribution in [0.1, 0.15) is 40.4 Å². The van der Waals surface area contributed by atoms with Gasteiger partial charge in [0.25, 0.3) is 0 Å². The molecule has 0 aliphatic heterocycles. The van der Waals surface area contributed by atoms with E-state index < -0.39 is 18.0 Å². The van der Waals surface area contributed by atoms with Gasteiger partial charge in [0.15, 0.2) is 0 Å². The van der Waals surface area contributed by atoms with Crippen molar-refractivity contribution < 1.29 is 23.9 Å². The number of nitrogens with one attached hydrogen (secondary N) is 1. The molecule has 8 heteroatoms. The van der Waals surface area contributed by atoms with Gasteiger partial charge in [0.05, 0.1) is 24.5 Å². The van der Waals surface area contributed by atoms with Crippen LogP contribution in [0.5, 0.6) is 0 Å². The summed E-state index contributed by atoms with van der Waals surface area (Å²) < 4.78 is 10.8. The molecule has 0 aromatic carbocycles. The zero-order chi connectivity index (χ0) is 15.3. The molecule has 2 amide bonds. The van der Waals surface area contributed by atoms with E-state index in [1.165, 1.54) is 6.07 Å². The van der Waals surface area contributed by atoms with Gasteiger partial charge in [-0.2, -0.15) is 0 Å². The molecule has 1 rings (SSSR count). The first kappa shape index (κ1) is 15.5. The summed E-state index contributed by atoms with van der Waals surface area (Å²) >= 11 is 0. The number of hydrogen-bond acceptors (Lipinski definition) is 5. The number of aromatic nitrogens is 1. The third-order valence-corrected chi connectivity index (χ3v) is 2.45. The van der Waals surface area contributed by atoms with Crippen molar-refractivity contribution in [1.82, 2.24) is 4.68 Å². The highest BCUT2D eigenvalue weighted by molar-refractivity contribution is 5.97. The molecule has 0 aliphatic rings. The van der Waals surface area contributed by atoms with Gasteiger partial charge in [-0.15, -0.1) is 0 Å². The fraction of sp³-hybridized carbons (Fsp3) is 0.417. The van der Waals surface area contributed by atoms with E-state index in [2.05, 4.69) is 5.43 Å². The number of nitrogens with two attached hydrogens (primary N) is 1. The maximum absolute atomic E-state index is 11.8. The number of nitrogens with zero attached hydrogens (tertiary/aromatic N) is 1. The van der Waals surface area contributed by atoms with Crippen molar-refractivity contribution in [3.8, 4) is 0 Å². The molecule has 8 nitrogen and oxygen atoms in total. The molecule has 0 fully saturated rings. The van der Waals surface area contributed by atoms with E-state index in [4.69, 9.17) is 15.2 Å². The number of esters is 2. The standard InChI is InChI=1S/C12H17N3O5/c1-4-19-10(16)8-6-9(11(17)20-5-2)15(7(8)3)14-12(13)18/h6H,4-5H2,1-3H3,(H3,13,14,18). The molecule has 20 heavy (non-hydrogen) atoms. The summed E-state index contributed by atoms with van der Waals surface area (Å²) in [4.78, 5) is 34.6. The SMILES string of the molecule is CCOC(=O)c1cc(C(=O)OCC)n(NC(N)=O)c1C. The molecule has 0 unspecified atom stereocenters. The Hall–Kier alpha value is -2.51. The van der Waals surface area contributed by atoms with E-state index in [9.17, 15) is 14.4 Å². The number of carbonyl (C=O) groups is 3. The molecule has 0 saturated carbocycles. The molecule has 1 aromatic rings. The number of primary amides is 1. The Labute approximate surface area is 115 Å². The van der Waals surface area contributed by atoms with E-state index in [0.717, 1.165) is 4.68 Å². The van der Waals surface area contributed by atoms with Crippen LogP contribution < -0.4 is 11.2 Å². The maximum Gasteiger partial charge on any atom is 0.356 e. The van der Waals surface area contributed by atoms with Crippen LogP contribution in [0.4, 0.5) is 4.79 Å². The number of carbonyl (C=O) groups excluding carboxylic acids is 3. The summed E-state index contributed by atoms with van der Waals surface area (Å²) in [6.07, 6.45) is 0. The molecule has 1 aromatic heterocycles. The number of urea groups is 1. The van der Waals surface area contributed by atoms with Gasteiger partial charge >= 0.3 is 18.0 Å². The fourth-order valence-electron chi connectivity index (χ4n) is 1.63. The molecule has 3 N–H and O–H groups in total. The van der Waals surface area contributed by atoms with Gasteiger partial charge in [-0.05, 0) is 26.8 Å². The number of hydrogen-bond donors (Lipinski definition) is 2. The molecule has 0 atom stereocenters. The van der Waals surface area contributed by atoms with Crippen molar-refractivity contribution in [2.45, 2.75) is 20.8 Å². The molecule has 0 spiro atoms. The van der Waals surface area contributed by atoms with Gasteiger partial charge < -0.3 is 15.2 Å². The summed E-state index contributed by atoms with van der Waals surface area (Å²) in [6.45, 7) is 5.21. The molecular formula is C12H17N3O5. The largest absolute Gasteiger partial charge is 0.462 e. The summed E-state index contributed by atoms with van der Waals surface area (Å²) in [5.74, 6) is -1.28. The van der Waals surface area contributed by atoms with Crippen LogP contribution in [0.25, 0.3) is 0 Å². The molecule has 0 bridgehead atoms. The van der Waals surface area contributed by atoms with E-state index in [1.807, 2.05) is 0 Å². The first-order valence-electron chi connectivity index (χ1n) is 6.05. The Morgan fingerprint density at radius 3 is 2.25 bits per heavy atom. The lowest BCUT2D eigenvalue weighted by Crippen LogP contribution is -2.31. The van der Waals surface area contributed by atoms with Crippen LogP contribution >= 0.6 is 0 Å². The maximum atomic E-state index is 11.8. The van der Waals surface area contributed by atoms with Crippen molar-refractivity contribution in [3.63, 3.8) is 0 Å². The zero-order valence-electron chi connectivity index (χ0n) is 11.6. The Bertz CT molecular complexity index is 535. The van der Waals surface area contributed by atoms with Crippen molar-refractivity contribution in [2.75, 3.05) is 18.6 Å². The minimum absolute atomic E-state index is 0.00815. The minimum Gasteiger partial charge on any atom is -0.462 e. The molecule has 0 radical (unpaired) electrons. The van der Waals surface area contributed by atoms with Gasteiger partial charge in [0.2, 0.25) is 0 Å². The Morgan fingerprint density at radius 1 is 1.20 bits per heavy atom. The molecular weight excluding hydrogens is 266 g/mol. The minimum atomic E-state index is -0.871. The van der Waals surface area contributed by atoms with Crippen LogP contribution in [-0.2, 0) is 9.47 Å². The predicted octanol–water partition coefficient (Wildman–Crippen LogP) is 0.772. The summed E-state index contributed by atoms with van der Waals surface area (Å²) in [6, 6.07) is 0.422. The zero-order valence-corrected chi connectivity index (χ0v) is 11.6. The lowest BCUT2D eigenvalue weighted by Gasteiger charge is -2.10. The Kier molecular flexibility index (Phi) is 5.13. The quantitative estimate of drug-likeness (QED) is 0.775.